The first kappa shape index (κ1) is 8.32. The summed E-state index contributed by atoms with van der Waals surface area (Å²) in [7, 11) is 0. The molecule has 0 fully saturated rings. The molecule has 0 aliphatic carbocycles. The molecule has 0 radical (unpaired) electrons. The SMILES string of the molecule is C#Cc1cc(-c2ccco2)nc(N)n1. The molecule has 68 valence electrons. The zero-order valence-electron chi connectivity index (χ0n) is 7.27. The minimum absolute atomic E-state index is 0.145. The number of hydrogen-bond acceptors (Lipinski definition) is 4. The van der Waals surface area contributed by atoms with E-state index in [0.717, 1.165) is 0 Å². The number of nitrogens with two attached hydrogens (primary N) is 1. The second-order valence-corrected chi connectivity index (χ2v) is 2.62. The highest BCUT2D eigenvalue weighted by Crippen LogP contribution is 2.18. The summed E-state index contributed by atoms with van der Waals surface area (Å²) in [5, 5.41) is 0. The van der Waals surface area contributed by atoms with Crippen LogP contribution in [0.3, 0.4) is 0 Å². The molecule has 0 saturated carbocycles. The molecule has 2 rings (SSSR count). The average molecular weight is 185 g/mol. The Labute approximate surface area is 80.8 Å². The molecule has 0 amide bonds. The number of terminal acetylenes is 1. The van der Waals surface area contributed by atoms with Gasteiger partial charge in [-0.25, -0.2) is 9.97 Å². The number of rotatable bonds is 1. The Hall–Kier alpha value is -2.28. The molecule has 0 aliphatic heterocycles. The van der Waals surface area contributed by atoms with Crippen LogP contribution in [-0.4, -0.2) is 9.97 Å². The summed E-state index contributed by atoms with van der Waals surface area (Å²) in [5.41, 5.74) is 6.52. The summed E-state index contributed by atoms with van der Waals surface area (Å²) in [5.74, 6) is 3.16. The maximum atomic E-state index is 5.48. The Balaban J connectivity index is 2.55. The van der Waals surface area contributed by atoms with Crippen molar-refractivity contribution in [2.24, 2.45) is 0 Å². The van der Waals surface area contributed by atoms with E-state index < -0.39 is 0 Å². The van der Waals surface area contributed by atoms with Crippen LogP contribution in [0, 0.1) is 12.3 Å². The Bertz CT molecular complexity index is 483. The first-order chi connectivity index (χ1) is 6.79. The van der Waals surface area contributed by atoms with Gasteiger partial charge in [-0.05, 0) is 12.1 Å². The fourth-order valence-corrected chi connectivity index (χ4v) is 1.09. The van der Waals surface area contributed by atoms with Crippen LogP contribution in [0.5, 0.6) is 0 Å². The van der Waals surface area contributed by atoms with E-state index in [9.17, 15) is 0 Å². The minimum Gasteiger partial charge on any atom is -0.463 e. The summed E-state index contributed by atoms with van der Waals surface area (Å²) >= 11 is 0. The summed E-state index contributed by atoms with van der Waals surface area (Å²) in [6.45, 7) is 0. The van der Waals surface area contributed by atoms with Gasteiger partial charge in [-0.2, -0.15) is 0 Å². The van der Waals surface area contributed by atoms with Crippen molar-refractivity contribution in [1.29, 1.82) is 0 Å². The molecule has 4 heteroatoms. The monoisotopic (exact) mass is 185 g/mol. The number of nitrogens with zero attached hydrogens (tertiary/aromatic N) is 2. The van der Waals surface area contributed by atoms with Gasteiger partial charge in [-0.3, -0.25) is 0 Å². The predicted molar refractivity (Wildman–Crippen MR) is 52.1 cm³/mol. The fourth-order valence-electron chi connectivity index (χ4n) is 1.09. The van der Waals surface area contributed by atoms with E-state index in [-0.39, 0.29) is 5.95 Å². The molecule has 0 spiro atoms. The third-order valence-electron chi connectivity index (χ3n) is 1.66. The topological polar surface area (TPSA) is 64.9 Å². The van der Waals surface area contributed by atoms with Gasteiger partial charge in [0.1, 0.15) is 11.4 Å². The van der Waals surface area contributed by atoms with Crippen molar-refractivity contribution in [3.05, 3.63) is 30.2 Å². The van der Waals surface area contributed by atoms with Gasteiger partial charge >= 0.3 is 0 Å². The summed E-state index contributed by atoms with van der Waals surface area (Å²) in [6.07, 6.45) is 6.77. The summed E-state index contributed by atoms with van der Waals surface area (Å²) < 4.78 is 5.16. The molecular weight excluding hydrogens is 178 g/mol. The zero-order valence-corrected chi connectivity index (χ0v) is 7.27. The molecule has 0 bridgehead atoms. The van der Waals surface area contributed by atoms with Crippen LogP contribution < -0.4 is 5.73 Å². The van der Waals surface area contributed by atoms with E-state index in [1.165, 1.54) is 0 Å². The first-order valence-corrected chi connectivity index (χ1v) is 3.94. The van der Waals surface area contributed by atoms with Crippen molar-refractivity contribution in [3.63, 3.8) is 0 Å². The molecule has 14 heavy (non-hydrogen) atoms. The van der Waals surface area contributed by atoms with Gasteiger partial charge in [0.25, 0.3) is 0 Å². The molecule has 0 atom stereocenters. The van der Waals surface area contributed by atoms with Crippen molar-refractivity contribution >= 4 is 5.95 Å². The van der Waals surface area contributed by atoms with Crippen molar-refractivity contribution in [3.8, 4) is 23.8 Å². The molecule has 0 aliphatic rings. The number of nitrogen functional groups attached to an aromatic ring is 1. The van der Waals surface area contributed by atoms with Gasteiger partial charge in [0.15, 0.2) is 5.76 Å². The van der Waals surface area contributed by atoms with E-state index in [0.29, 0.717) is 17.1 Å². The van der Waals surface area contributed by atoms with E-state index in [1.54, 1.807) is 24.5 Å². The number of furan rings is 1. The van der Waals surface area contributed by atoms with Gasteiger partial charge in [-0.1, -0.05) is 5.92 Å². The van der Waals surface area contributed by atoms with Crippen molar-refractivity contribution in [2.75, 3.05) is 5.73 Å². The van der Waals surface area contributed by atoms with E-state index in [4.69, 9.17) is 16.6 Å². The quantitative estimate of drug-likeness (QED) is 0.680. The molecule has 4 nitrogen and oxygen atoms in total. The highest BCUT2D eigenvalue weighted by Gasteiger charge is 2.05. The zero-order chi connectivity index (χ0) is 9.97. The fraction of sp³-hybridized carbons (Fsp3) is 0. The van der Waals surface area contributed by atoms with Crippen LogP contribution in [0.1, 0.15) is 5.69 Å². The number of aromatic nitrogens is 2. The first-order valence-electron chi connectivity index (χ1n) is 3.94. The molecule has 0 unspecified atom stereocenters. The lowest BCUT2D eigenvalue weighted by Gasteiger charge is -1.98. The highest BCUT2D eigenvalue weighted by molar-refractivity contribution is 5.55. The number of hydrogen-bond donors (Lipinski definition) is 1. The normalized spacial score (nSPS) is 9.64. The lowest BCUT2D eigenvalue weighted by Crippen LogP contribution is -1.98. The molecule has 0 saturated heterocycles. The summed E-state index contributed by atoms with van der Waals surface area (Å²) in [6, 6.07) is 5.19. The second kappa shape index (κ2) is 3.23. The highest BCUT2D eigenvalue weighted by atomic mass is 16.3. The smallest absolute Gasteiger partial charge is 0.221 e. The van der Waals surface area contributed by atoms with Crippen molar-refractivity contribution in [1.82, 2.24) is 9.97 Å². The van der Waals surface area contributed by atoms with E-state index >= 15 is 0 Å². The van der Waals surface area contributed by atoms with Crippen molar-refractivity contribution < 1.29 is 4.42 Å². The third kappa shape index (κ3) is 1.43. The molecule has 2 heterocycles. The van der Waals surface area contributed by atoms with Crippen LogP contribution in [0.4, 0.5) is 5.95 Å². The van der Waals surface area contributed by atoms with Gasteiger partial charge in [0, 0.05) is 6.07 Å². The van der Waals surface area contributed by atoms with Gasteiger partial charge in [0.05, 0.1) is 6.26 Å². The maximum absolute atomic E-state index is 5.48. The maximum Gasteiger partial charge on any atom is 0.221 e. The second-order valence-electron chi connectivity index (χ2n) is 2.62. The van der Waals surface area contributed by atoms with Crippen LogP contribution in [0.25, 0.3) is 11.5 Å². The Morgan fingerprint density at radius 1 is 1.43 bits per heavy atom. The molecular formula is C10H7N3O. The molecule has 0 aromatic carbocycles. The van der Waals surface area contributed by atoms with Gasteiger partial charge < -0.3 is 10.2 Å². The predicted octanol–water partition coefficient (Wildman–Crippen LogP) is 1.30. The Kier molecular flexibility index (Phi) is 1.92. The molecule has 2 N–H and O–H groups in total. The third-order valence-corrected chi connectivity index (χ3v) is 1.66. The largest absolute Gasteiger partial charge is 0.463 e. The molecule has 2 aromatic rings. The Morgan fingerprint density at radius 2 is 2.29 bits per heavy atom. The lowest BCUT2D eigenvalue weighted by molar-refractivity contribution is 0.580. The average Bonchev–Trinajstić information content (AvgIpc) is 2.69. The van der Waals surface area contributed by atoms with Crippen molar-refractivity contribution in [2.45, 2.75) is 0 Å². The minimum atomic E-state index is 0.145. The van der Waals surface area contributed by atoms with Crippen LogP contribution in [0.15, 0.2) is 28.9 Å². The van der Waals surface area contributed by atoms with E-state index in [2.05, 4.69) is 15.9 Å². The van der Waals surface area contributed by atoms with Crippen LogP contribution in [0.2, 0.25) is 0 Å². The Morgan fingerprint density at radius 3 is 2.93 bits per heavy atom. The summed E-state index contributed by atoms with van der Waals surface area (Å²) in [4.78, 5) is 7.85. The lowest BCUT2D eigenvalue weighted by atomic mass is 10.3. The van der Waals surface area contributed by atoms with Crippen LogP contribution in [-0.2, 0) is 0 Å². The standard InChI is InChI=1S/C10H7N3O/c1-2-7-6-8(13-10(11)12-7)9-4-3-5-14-9/h1,3-6H,(H2,11,12,13). The van der Waals surface area contributed by atoms with E-state index in [1.807, 2.05) is 0 Å². The number of anilines is 1. The van der Waals surface area contributed by atoms with Gasteiger partial charge in [0.2, 0.25) is 5.95 Å². The molecule has 2 aromatic heterocycles. The van der Waals surface area contributed by atoms with Crippen LogP contribution >= 0.6 is 0 Å². The van der Waals surface area contributed by atoms with Gasteiger partial charge in [-0.15, -0.1) is 6.42 Å².